The fourth-order valence-electron chi connectivity index (χ4n) is 12.0. The molecule has 70 heavy (non-hydrogen) atoms. The molecule has 346 valence electrons. The van der Waals surface area contributed by atoms with Gasteiger partial charge in [-0.15, -0.1) is 0 Å². The fraction of sp³-hybridized carbons (Fsp3) is 0.229. The summed E-state index contributed by atoms with van der Waals surface area (Å²) >= 11 is 0. The maximum atomic E-state index is 2.51. The van der Waals surface area contributed by atoms with E-state index in [2.05, 4.69) is 211 Å². The van der Waals surface area contributed by atoms with Crippen molar-refractivity contribution in [3.05, 3.63) is 203 Å². The quantitative estimate of drug-likeness (QED) is 0.0710. The summed E-state index contributed by atoms with van der Waals surface area (Å²) in [5.74, 6) is 0. The SMILES string of the molecule is CCCc1cc(CCC)cc(-c2cc(-c3cc(CCC)cc(CCC)c3)cc(-c3c4ccccc4c(-c4ccc5ccc6c(-c7cc(CC)cc(CC)c7)ccc7ccc4c5c76)c4ccccc34)c2)c1. The van der Waals surface area contributed by atoms with E-state index < -0.39 is 0 Å². The minimum atomic E-state index is 1.03. The molecular weight excluding hydrogens is 841 g/mol. The zero-order valence-corrected chi connectivity index (χ0v) is 42.2. The lowest BCUT2D eigenvalue weighted by molar-refractivity contribution is 0.896. The molecule has 0 aliphatic rings. The molecule has 0 aromatic heterocycles. The summed E-state index contributed by atoms with van der Waals surface area (Å²) in [6.45, 7) is 13.7. The topological polar surface area (TPSA) is 0 Å². The smallest absolute Gasteiger partial charge is 0.00201 e. The summed E-state index contributed by atoms with van der Waals surface area (Å²) in [5, 5.41) is 13.1. The Hall–Kier alpha value is -7.02. The van der Waals surface area contributed by atoms with Crippen LogP contribution in [0.2, 0.25) is 0 Å². The van der Waals surface area contributed by atoms with Gasteiger partial charge in [-0.25, -0.2) is 0 Å². The highest BCUT2D eigenvalue weighted by atomic mass is 14.3. The largest absolute Gasteiger partial charge is 0.0651 e. The number of benzene rings is 11. The maximum Gasteiger partial charge on any atom is -0.00201 e. The molecule has 0 amide bonds. The standard InChI is InChI=1S/C70H66/c1-7-17-47-34-48(18-8-2)39-53(38-47)55-42-56(54-40-49(19-9-3)35-50(41-54)20-10-4)44-58(43-55)67-60-21-13-15-23-62(60)70(63-24-16-14-22-61(63)67)66-32-28-52-26-30-64-59(57-36-45(11-5)33-46(12-6)37-57)29-25-51-27-31-65(66)69(52)68(51)64/h13-16,21-44H,7-12,17-20H2,1-6H3. The summed E-state index contributed by atoms with van der Waals surface area (Å²) in [5.41, 5.74) is 21.6. The summed E-state index contributed by atoms with van der Waals surface area (Å²) in [4.78, 5) is 0. The van der Waals surface area contributed by atoms with Gasteiger partial charge in [0.2, 0.25) is 0 Å². The van der Waals surface area contributed by atoms with Crippen LogP contribution in [0.5, 0.6) is 0 Å². The van der Waals surface area contributed by atoms with E-state index in [0.29, 0.717) is 0 Å². The number of fused-ring (bicyclic) bond motifs is 2. The Morgan fingerprint density at radius 3 is 1.03 bits per heavy atom. The van der Waals surface area contributed by atoms with E-state index in [-0.39, 0.29) is 0 Å². The molecule has 0 aliphatic heterocycles. The third-order valence-electron chi connectivity index (χ3n) is 15.2. The van der Waals surface area contributed by atoms with Gasteiger partial charge in [-0.05, 0) is 200 Å². The van der Waals surface area contributed by atoms with Crippen molar-refractivity contribution in [2.24, 2.45) is 0 Å². The maximum absolute atomic E-state index is 2.51. The molecule has 0 spiro atoms. The van der Waals surface area contributed by atoms with Gasteiger partial charge >= 0.3 is 0 Å². The molecule has 0 saturated carbocycles. The van der Waals surface area contributed by atoms with Crippen molar-refractivity contribution < 1.29 is 0 Å². The predicted molar refractivity (Wildman–Crippen MR) is 307 cm³/mol. The molecule has 11 rings (SSSR count). The number of hydrogen-bond donors (Lipinski definition) is 0. The zero-order valence-electron chi connectivity index (χ0n) is 42.2. The third-order valence-corrected chi connectivity index (χ3v) is 15.2. The molecule has 11 aromatic carbocycles. The Bertz CT molecular complexity index is 3520. The predicted octanol–water partition coefficient (Wildman–Crippen LogP) is 20.2. The number of aryl methyl sites for hydroxylation is 6. The minimum Gasteiger partial charge on any atom is -0.0651 e. The second-order valence-electron chi connectivity index (χ2n) is 20.1. The van der Waals surface area contributed by atoms with E-state index >= 15 is 0 Å². The van der Waals surface area contributed by atoms with Gasteiger partial charge in [0.05, 0.1) is 0 Å². The summed E-state index contributed by atoms with van der Waals surface area (Å²) < 4.78 is 0. The summed E-state index contributed by atoms with van der Waals surface area (Å²) in [6, 6.07) is 67.0. The van der Waals surface area contributed by atoms with E-state index in [1.54, 1.807) is 0 Å². The van der Waals surface area contributed by atoms with Gasteiger partial charge in [0, 0.05) is 0 Å². The van der Waals surface area contributed by atoms with Crippen LogP contribution in [0, 0.1) is 0 Å². The van der Waals surface area contributed by atoms with Gasteiger partial charge in [-0.3, -0.25) is 0 Å². The first kappa shape index (κ1) is 45.4. The van der Waals surface area contributed by atoms with Crippen molar-refractivity contribution in [2.45, 2.75) is 106 Å². The van der Waals surface area contributed by atoms with Crippen molar-refractivity contribution in [2.75, 3.05) is 0 Å². The Balaban J connectivity index is 1.18. The molecule has 0 unspecified atom stereocenters. The van der Waals surface area contributed by atoms with Gasteiger partial charge in [0.25, 0.3) is 0 Å². The second-order valence-corrected chi connectivity index (χ2v) is 20.1. The zero-order chi connectivity index (χ0) is 47.9. The first-order valence-corrected chi connectivity index (χ1v) is 26.6. The molecule has 0 saturated heterocycles. The molecule has 11 aromatic rings. The third kappa shape index (κ3) is 8.26. The van der Waals surface area contributed by atoms with Crippen LogP contribution in [0.1, 0.15) is 101 Å². The first-order valence-electron chi connectivity index (χ1n) is 26.6. The van der Waals surface area contributed by atoms with Crippen molar-refractivity contribution in [1.82, 2.24) is 0 Å². The van der Waals surface area contributed by atoms with Crippen LogP contribution >= 0.6 is 0 Å². The van der Waals surface area contributed by atoms with Crippen molar-refractivity contribution >= 4 is 53.9 Å². The monoisotopic (exact) mass is 907 g/mol. The Morgan fingerprint density at radius 1 is 0.257 bits per heavy atom. The van der Waals surface area contributed by atoms with E-state index in [1.165, 1.54) is 143 Å². The highest BCUT2D eigenvalue weighted by Crippen LogP contribution is 2.49. The molecule has 0 bridgehead atoms. The molecule has 0 atom stereocenters. The Labute approximate surface area is 416 Å². The lowest BCUT2D eigenvalue weighted by Gasteiger charge is -2.21. The average Bonchev–Trinajstić information content (AvgIpc) is 3.39. The van der Waals surface area contributed by atoms with Crippen LogP contribution in [0.4, 0.5) is 0 Å². The minimum absolute atomic E-state index is 1.03. The Morgan fingerprint density at radius 2 is 0.600 bits per heavy atom. The summed E-state index contributed by atoms with van der Waals surface area (Å²) in [7, 11) is 0. The molecular formula is C70H66. The van der Waals surface area contributed by atoms with Crippen LogP contribution in [0.3, 0.4) is 0 Å². The van der Waals surface area contributed by atoms with Crippen LogP contribution in [0.25, 0.3) is 109 Å². The van der Waals surface area contributed by atoms with Crippen molar-refractivity contribution in [1.29, 1.82) is 0 Å². The van der Waals surface area contributed by atoms with Gasteiger partial charge in [-0.1, -0.05) is 219 Å². The van der Waals surface area contributed by atoms with Crippen molar-refractivity contribution in [3.8, 4) is 55.6 Å². The number of hydrogen-bond acceptors (Lipinski definition) is 0. The van der Waals surface area contributed by atoms with Crippen molar-refractivity contribution in [3.63, 3.8) is 0 Å². The van der Waals surface area contributed by atoms with Crippen LogP contribution < -0.4 is 0 Å². The molecule has 0 radical (unpaired) electrons. The highest BCUT2D eigenvalue weighted by molar-refractivity contribution is 6.30. The highest BCUT2D eigenvalue weighted by Gasteiger charge is 2.22. The van der Waals surface area contributed by atoms with Gasteiger partial charge < -0.3 is 0 Å². The molecule has 0 heterocycles. The van der Waals surface area contributed by atoms with E-state index in [4.69, 9.17) is 0 Å². The average molecular weight is 907 g/mol. The first-order chi connectivity index (χ1) is 34.4. The normalized spacial score (nSPS) is 11.9. The molecule has 0 heteroatoms. The van der Waals surface area contributed by atoms with Crippen LogP contribution in [0.15, 0.2) is 170 Å². The lowest BCUT2D eigenvalue weighted by atomic mass is 9.82. The Kier molecular flexibility index (Phi) is 12.6. The molecule has 0 aliphatic carbocycles. The number of rotatable bonds is 15. The fourth-order valence-corrected chi connectivity index (χ4v) is 12.0. The van der Waals surface area contributed by atoms with E-state index in [1.807, 2.05) is 0 Å². The lowest BCUT2D eigenvalue weighted by Crippen LogP contribution is -1.96. The van der Waals surface area contributed by atoms with Gasteiger partial charge in [-0.2, -0.15) is 0 Å². The van der Waals surface area contributed by atoms with E-state index in [9.17, 15) is 0 Å². The molecule has 0 nitrogen and oxygen atoms in total. The second kappa shape index (κ2) is 19.4. The van der Waals surface area contributed by atoms with Gasteiger partial charge in [0.15, 0.2) is 0 Å². The van der Waals surface area contributed by atoms with Crippen LogP contribution in [-0.4, -0.2) is 0 Å². The van der Waals surface area contributed by atoms with E-state index in [0.717, 1.165) is 64.2 Å². The van der Waals surface area contributed by atoms with Crippen LogP contribution in [-0.2, 0) is 38.5 Å². The summed E-state index contributed by atoms with van der Waals surface area (Å²) in [6.07, 6.45) is 10.9. The van der Waals surface area contributed by atoms with Gasteiger partial charge in [0.1, 0.15) is 0 Å². The molecule has 0 fully saturated rings. The molecule has 0 N–H and O–H groups in total.